The summed E-state index contributed by atoms with van der Waals surface area (Å²) in [7, 11) is 0. The number of halogens is 2. The molecule has 0 aliphatic carbocycles. The average Bonchev–Trinajstić information content (AvgIpc) is 2.30. The van der Waals surface area contributed by atoms with Crippen LogP contribution >= 0.6 is 38.5 Å². The van der Waals surface area contributed by atoms with Gasteiger partial charge in [-0.15, -0.1) is 0 Å². The van der Waals surface area contributed by atoms with Gasteiger partial charge in [0.1, 0.15) is 0 Å². The lowest BCUT2D eigenvalue weighted by Crippen LogP contribution is -1.98. The van der Waals surface area contributed by atoms with Gasteiger partial charge in [0.05, 0.1) is 0 Å². The van der Waals surface area contributed by atoms with Crippen molar-refractivity contribution in [3.8, 4) is 0 Å². The zero-order chi connectivity index (χ0) is 11.4. The molecule has 0 radical (unpaired) electrons. The van der Waals surface area contributed by atoms with Crippen molar-refractivity contribution in [2.24, 2.45) is 0 Å². The normalized spacial score (nSPS) is 10.1. The number of anilines is 1. The minimum absolute atomic E-state index is 0.855. The molecule has 0 aliphatic heterocycles. The van der Waals surface area contributed by atoms with E-state index in [-0.39, 0.29) is 0 Å². The zero-order valence-corrected chi connectivity index (χ0v) is 12.3. The second-order valence-electron chi connectivity index (χ2n) is 3.49. The molecule has 0 saturated heterocycles. The monoisotopic (exact) mass is 387 g/mol. The summed E-state index contributed by atoms with van der Waals surface area (Å²) in [6, 6.07) is 16.7. The first-order valence-electron chi connectivity index (χ1n) is 4.98. The van der Waals surface area contributed by atoms with Gasteiger partial charge in [-0.1, -0.05) is 28.1 Å². The summed E-state index contributed by atoms with van der Waals surface area (Å²) in [6.07, 6.45) is 0. The number of rotatable bonds is 3. The standard InChI is InChI=1S/C13H11BrIN/c14-11-3-1-10(2-4-11)9-16-13-7-5-12(15)6-8-13/h1-8,16H,9H2. The summed E-state index contributed by atoms with van der Waals surface area (Å²) in [6.45, 7) is 0.855. The van der Waals surface area contributed by atoms with E-state index in [0.29, 0.717) is 0 Å². The summed E-state index contributed by atoms with van der Waals surface area (Å²) in [5.41, 5.74) is 2.44. The van der Waals surface area contributed by atoms with E-state index < -0.39 is 0 Å². The molecule has 0 amide bonds. The lowest BCUT2D eigenvalue weighted by molar-refractivity contribution is 1.15. The molecule has 2 rings (SSSR count). The van der Waals surface area contributed by atoms with Crippen LogP contribution in [-0.4, -0.2) is 0 Å². The molecule has 0 atom stereocenters. The molecule has 0 unspecified atom stereocenters. The van der Waals surface area contributed by atoms with E-state index >= 15 is 0 Å². The third-order valence-corrected chi connectivity index (χ3v) is 3.50. The van der Waals surface area contributed by atoms with Gasteiger partial charge < -0.3 is 5.32 Å². The molecule has 2 aromatic carbocycles. The quantitative estimate of drug-likeness (QED) is 0.755. The highest BCUT2D eigenvalue weighted by Crippen LogP contribution is 2.14. The van der Waals surface area contributed by atoms with E-state index in [1.54, 1.807) is 0 Å². The van der Waals surface area contributed by atoms with Crippen LogP contribution in [0.1, 0.15) is 5.56 Å². The molecule has 0 aromatic heterocycles. The van der Waals surface area contributed by atoms with Crippen LogP contribution in [0.5, 0.6) is 0 Å². The average molecular weight is 388 g/mol. The Morgan fingerprint density at radius 2 is 1.56 bits per heavy atom. The molecule has 2 aromatic rings. The second-order valence-corrected chi connectivity index (χ2v) is 5.65. The highest BCUT2D eigenvalue weighted by molar-refractivity contribution is 14.1. The Labute approximate surface area is 118 Å². The topological polar surface area (TPSA) is 12.0 Å². The minimum atomic E-state index is 0.855. The number of nitrogens with one attached hydrogen (secondary N) is 1. The summed E-state index contributed by atoms with van der Waals surface area (Å²) in [4.78, 5) is 0. The molecule has 82 valence electrons. The number of hydrogen-bond donors (Lipinski definition) is 1. The van der Waals surface area contributed by atoms with Gasteiger partial charge in [-0.25, -0.2) is 0 Å². The van der Waals surface area contributed by atoms with Crippen molar-refractivity contribution in [1.82, 2.24) is 0 Å². The van der Waals surface area contributed by atoms with Crippen molar-refractivity contribution < 1.29 is 0 Å². The first kappa shape index (κ1) is 11.9. The van der Waals surface area contributed by atoms with Crippen molar-refractivity contribution in [3.63, 3.8) is 0 Å². The third kappa shape index (κ3) is 3.49. The Bertz CT molecular complexity index is 405. The van der Waals surface area contributed by atoms with Gasteiger partial charge in [-0.05, 0) is 64.6 Å². The fraction of sp³-hybridized carbons (Fsp3) is 0.0769. The molecular weight excluding hydrogens is 377 g/mol. The summed E-state index contributed by atoms with van der Waals surface area (Å²) < 4.78 is 2.37. The van der Waals surface area contributed by atoms with Crippen molar-refractivity contribution in [1.29, 1.82) is 0 Å². The molecular formula is C13H11BrIN. The molecule has 1 N–H and O–H groups in total. The summed E-state index contributed by atoms with van der Waals surface area (Å²) in [5, 5.41) is 3.39. The Balaban J connectivity index is 1.97. The minimum Gasteiger partial charge on any atom is -0.381 e. The van der Waals surface area contributed by atoms with E-state index in [2.05, 4.69) is 92.4 Å². The van der Waals surface area contributed by atoms with Crippen LogP contribution in [0.3, 0.4) is 0 Å². The zero-order valence-electron chi connectivity index (χ0n) is 8.58. The molecule has 0 heterocycles. The first-order chi connectivity index (χ1) is 7.74. The van der Waals surface area contributed by atoms with Crippen LogP contribution in [0.2, 0.25) is 0 Å². The van der Waals surface area contributed by atoms with Gasteiger partial charge in [0.2, 0.25) is 0 Å². The maximum atomic E-state index is 3.43. The van der Waals surface area contributed by atoms with Crippen molar-refractivity contribution >= 4 is 44.2 Å². The molecule has 0 saturated carbocycles. The van der Waals surface area contributed by atoms with Gasteiger partial charge in [-0.3, -0.25) is 0 Å². The van der Waals surface area contributed by atoms with Crippen molar-refractivity contribution in [3.05, 3.63) is 62.1 Å². The van der Waals surface area contributed by atoms with Crippen LogP contribution in [0.4, 0.5) is 5.69 Å². The van der Waals surface area contributed by atoms with Gasteiger partial charge in [0.15, 0.2) is 0 Å². The van der Waals surface area contributed by atoms with E-state index in [4.69, 9.17) is 0 Å². The van der Waals surface area contributed by atoms with Gasteiger partial charge in [0.25, 0.3) is 0 Å². The van der Waals surface area contributed by atoms with Crippen molar-refractivity contribution in [2.75, 3.05) is 5.32 Å². The second kappa shape index (κ2) is 5.68. The Morgan fingerprint density at radius 3 is 2.19 bits per heavy atom. The van der Waals surface area contributed by atoms with Crippen LogP contribution in [0.25, 0.3) is 0 Å². The summed E-state index contributed by atoms with van der Waals surface area (Å²) in [5.74, 6) is 0. The smallest absolute Gasteiger partial charge is 0.0400 e. The van der Waals surface area contributed by atoms with Crippen molar-refractivity contribution in [2.45, 2.75) is 6.54 Å². The van der Waals surface area contributed by atoms with Gasteiger partial charge >= 0.3 is 0 Å². The fourth-order valence-corrected chi connectivity index (χ4v) is 2.00. The van der Waals surface area contributed by atoms with E-state index in [1.165, 1.54) is 9.13 Å². The Kier molecular flexibility index (Phi) is 4.23. The molecule has 0 spiro atoms. The molecule has 0 bridgehead atoms. The first-order valence-corrected chi connectivity index (χ1v) is 6.85. The maximum Gasteiger partial charge on any atom is 0.0400 e. The predicted molar refractivity (Wildman–Crippen MR) is 80.6 cm³/mol. The molecule has 3 heteroatoms. The number of hydrogen-bond acceptors (Lipinski definition) is 1. The van der Waals surface area contributed by atoms with Crippen LogP contribution in [0, 0.1) is 3.57 Å². The number of benzene rings is 2. The lowest BCUT2D eigenvalue weighted by Gasteiger charge is -2.06. The van der Waals surface area contributed by atoms with Gasteiger partial charge in [-0.2, -0.15) is 0 Å². The van der Waals surface area contributed by atoms with E-state index in [1.807, 2.05) is 0 Å². The molecule has 0 fully saturated rings. The maximum absolute atomic E-state index is 3.43. The Hall–Kier alpha value is -0.550. The highest BCUT2D eigenvalue weighted by atomic mass is 127. The SMILES string of the molecule is Brc1ccc(CNc2ccc(I)cc2)cc1. The molecule has 16 heavy (non-hydrogen) atoms. The molecule has 0 aliphatic rings. The molecule has 1 nitrogen and oxygen atoms in total. The lowest BCUT2D eigenvalue weighted by atomic mass is 10.2. The largest absolute Gasteiger partial charge is 0.381 e. The van der Waals surface area contributed by atoms with Crippen LogP contribution < -0.4 is 5.32 Å². The highest BCUT2D eigenvalue weighted by Gasteiger charge is 1.94. The van der Waals surface area contributed by atoms with Crippen LogP contribution in [0.15, 0.2) is 53.0 Å². The fourth-order valence-electron chi connectivity index (χ4n) is 1.37. The van der Waals surface area contributed by atoms with Crippen LogP contribution in [-0.2, 0) is 6.54 Å². The van der Waals surface area contributed by atoms with E-state index in [0.717, 1.165) is 16.7 Å². The third-order valence-electron chi connectivity index (χ3n) is 2.25. The van der Waals surface area contributed by atoms with E-state index in [9.17, 15) is 0 Å². The summed E-state index contributed by atoms with van der Waals surface area (Å²) >= 11 is 5.74. The van der Waals surface area contributed by atoms with Gasteiger partial charge in [0, 0.05) is 20.3 Å². The Morgan fingerprint density at radius 1 is 0.938 bits per heavy atom. The predicted octanol–water partition coefficient (Wildman–Crippen LogP) is 4.67.